The van der Waals surface area contributed by atoms with Crippen LogP contribution >= 0.6 is 12.2 Å². The first-order valence-corrected chi connectivity index (χ1v) is 11.3. The third-order valence-electron chi connectivity index (χ3n) is 5.63. The number of carbonyl (C=O) groups is 1. The van der Waals surface area contributed by atoms with Crippen LogP contribution in [0.15, 0.2) is 81.6 Å². The van der Waals surface area contributed by atoms with Crippen LogP contribution in [0.5, 0.6) is 5.75 Å². The highest BCUT2D eigenvalue weighted by molar-refractivity contribution is 7.80. The fraction of sp³-hybridized carbons (Fsp3) is 0.0741. The molecule has 3 N–H and O–H groups in total. The second-order valence-corrected chi connectivity index (χ2v) is 8.50. The van der Waals surface area contributed by atoms with E-state index in [-0.39, 0.29) is 22.5 Å². The number of aromatic hydroxyl groups is 1. The number of amides is 1. The van der Waals surface area contributed by atoms with Gasteiger partial charge in [0.15, 0.2) is 16.5 Å². The molecule has 0 fully saturated rings. The Bertz CT molecular complexity index is 1550. The van der Waals surface area contributed by atoms with Gasteiger partial charge in [-0.15, -0.1) is 0 Å². The van der Waals surface area contributed by atoms with Gasteiger partial charge in [0.1, 0.15) is 17.0 Å². The maximum Gasteiger partial charge on any atom is 0.293 e. The van der Waals surface area contributed by atoms with Gasteiger partial charge in [-0.05, 0) is 85.7 Å². The number of nitrogens with zero attached hydrogens (tertiary/aromatic N) is 1. The molecule has 2 aromatic heterocycles. The van der Waals surface area contributed by atoms with Crippen molar-refractivity contribution in [2.75, 3.05) is 5.32 Å². The molecule has 0 saturated heterocycles. The van der Waals surface area contributed by atoms with Gasteiger partial charge in [-0.25, -0.2) is 4.98 Å². The van der Waals surface area contributed by atoms with Crippen LogP contribution in [0.3, 0.4) is 0 Å². The van der Waals surface area contributed by atoms with Gasteiger partial charge >= 0.3 is 0 Å². The summed E-state index contributed by atoms with van der Waals surface area (Å²) in [4.78, 5) is 17.1. The molecule has 0 spiro atoms. The van der Waals surface area contributed by atoms with Gasteiger partial charge in [0.2, 0.25) is 5.89 Å². The number of hydrogen-bond donors (Lipinski definition) is 3. The summed E-state index contributed by atoms with van der Waals surface area (Å²) in [5, 5.41) is 16.0. The average molecular weight is 484 g/mol. The van der Waals surface area contributed by atoms with E-state index in [9.17, 15) is 9.90 Å². The lowest BCUT2D eigenvalue weighted by molar-refractivity contribution is 0.0951. The van der Waals surface area contributed by atoms with Crippen molar-refractivity contribution in [1.29, 1.82) is 0 Å². The summed E-state index contributed by atoms with van der Waals surface area (Å²) in [6.45, 7) is 4.07. The molecule has 5 aromatic rings. The van der Waals surface area contributed by atoms with Crippen molar-refractivity contribution in [3.8, 4) is 28.5 Å². The third-order valence-corrected chi connectivity index (χ3v) is 5.83. The van der Waals surface area contributed by atoms with Gasteiger partial charge in [0.25, 0.3) is 5.91 Å². The van der Waals surface area contributed by atoms with E-state index in [0.29, 0.717) is 28.1 Å². The van der Waals surface area contributed by atoms with Crippen molar-refractivity contribution in [2.45, 2.75) is 13.8 Å². The number of anilines is 1. The Hall–Kier alpha value is -4.43. The number of benzene rings is 3. The highest BCUT2D eigenvalue weighted by Crippen LogP contribution is 2.33. The predicted molar refractivity (Wildman–Crippen MR) is 138 cm³/mol. The Balaban J connectivity index is 1.29. The van der Waals surface area contributed by atoms with Crippen LogP contribution in [0.1, 0.15) is 21.7 Å². The fourth-order valence-electron chi connectivity index (χ4n) is 3.61. The van der Waals surface area contributed by atoms with Crippen molar-refractivity contribution >= 4 is 40.0 Å². The average Bonchev–Trinajstić information content (AvgIpc) is 3.49. The molecule has 3 aromatic carbocycles. The molecule has 0 saturated carbocycles. The zero-order valence-corrected chi connectivity index (χ0v) is 19.8. The summed E-state index contributed by atoms with van der Waals surface area (Å²) in [6.07, 6.45) is 0. The minimum atomic E-state index is -0.476. The molecular formula is C27H21N3O4S. The summed E-state index contributed by atoms with van der Waals surface area (Å²) in [6, 6.07) is 21.4. The molecule has 1 amide bonds. The van der Waals surface area contributed by atoms with E-state index in [2.05, 4.69) is 15.6 Å². The number of nitrogens with one attached hydrogen (secondary N) is 2. The maximum absolute atomic E-state index is 12.7. The van der Waals surface area contributed by atoms with E-state index < -0.39 is 5.91 Å². The van der Waals surface area contributed by atoms with Crippen LogP contribution in [0.2, 0.25) is 0 Å². The highest BCUT2D eigenvalue weighted by Gasteiger charge is 2.16. The smallest absolute Gasteiger partial charge is 0.293 e. The normalized spacial score (nSPS) is 10.9. The van der Waals surface area contributed by atoms with Crippen LogP contribution < -0.4 is 10.6 Å². The van der Waals surface area contributed by atoms with Gasteiger partial charge < -0.3 is 19.3 Å². The number of phenols is 1. The summed E-state index contributed by atoms with van der Waals surface area (Å²) in [5.74, 6) is 0.540. The highest BCUT2D eigenvalue weighted by atomic mass is 32.1. The molecule has 8 heteroatoms. The van der Waals surface area contributed by atoms with Crippen LogP contribution in [0.25, 0.3) is 33.9 Å². The number of aromatic nitrogens is 1. The largest absolute Gasteiger partial charge is 0.507 e. The Morgan fingerprint density at radius 2 is 1.77 bits per heavy atom. The standard InChI is InChI=1S/C27H21N3O4S/c1-15-7-8-17(13-16(15)2)22-11-12-24(33-22)25(32)30-27(35)28-18-9-10-21(31)19(14-18)26-29-20-5-3-4-6-23(20)34-26/h3-14,31H,1-2H3,(H2,28,30,32,35). The Morgan fingerprint density at radius 1 is 0.943 bits per heavy atom. The second-order valence-electron chi connectivity index (χ2n) is 8.09. The number of phenolic OH excluding ortho intramolecular Hbond substituents is 1. The van der Waals surface area contributed by atoms with Crippen molar-refractivity contribution in [3.05, 3.63) is 89.7 Å². The molecule has 35 heavy (non-hydrogen) atoms. The number of fused-ring (bicyclic) bond motifs is 1. The van der Waals surface area contributed by atoms with E-state index in [1.165, 1.54) is 11.6 Å². The van der Waals surface area contributed by atoms with Gasteiger partial charge in [-0.1, -0.05) is 24.3 Å². The Morgan fingerprint density at radius 3 is 2.57 bits per heavy atom. The molecule has 5 rings (SSSR count). The van der Waals surface area contributed by atoms with Crippen LogP contribution in [-0.2, 0) is 0 Å². The first kappa shape index (κ1) is 22.4. The second kappa shape index (κ2) is 9.08. The molecule has 0 bridgehead atoms. The van der Waals surface area contributed by atoms with E-state index in [1.807, 2.05) is 50.2 Å². The number of para-hydroxylation sites is 2. The molecule has 0 unspecified atom stereocenters. The van der Waals surface area contributed by atoms with Crippen molar-refractivity contribution in [1.82, 2.24) is 10.3 Å². The van der Waals surface area contributed by atoms with E-state index in [4.69, 9.17) is 21.1 Å². The lowest BCUT2D eigenvalue weighted by atomic mass is 10.1. The van der Waals surface area contributed by atoms with Gasteiger partial charge in [0, 0.05) is 11.3 Å². The van der Waals surface area contributed by atoms with Crippen molar-refractivity contribution < 1.29 is 18.7 Å². The zero-order chi connectivity index (χ0) is 24.5. The first-order valence-electron chi connectivity index (χ1n) is 10.9. The monoisotopic (exact) mass is 483 g/mol. The maximum atomic E-state index is 12.7. The molecular weight excluding hydrogens is 462 g/mol. The molecule has 0 aliphatic rings. The lowest BCUT2D eigenvalue weighted by Crippen LogP contribution is -2.33. The summed E-state index contributed by atoms with van der Waals surface area (Å²) in [5.41, 5.74) is 5.45. The third kappa shape index (κ3) is 4.64. The Kier molecular flexibility index (Phi) is 5.80. The van der Waals surface area contributed by atoms with Gasteiger partial charge in [-0.3, -0.25) is 10.1 Å². The molecule has 7 nitrogen and oxygen atoms in total. The predicted octanol–water partition coefficient (Wildman–Crippen LogP) is 6.20. The SMILES string of the molecule is Cc1ccc(-c2ccc(C(=O)NC(=S)Nc3ccc(O)c(-c4nc5ccccc5o4)c3)o2)cc1C. The number of rotatable bonds is 4. The molecule has 0 aliphatic carbocycles. The van der Waals surface area contributed by atoms with E-state index in [0.717, 1.165) is 11.1 Å². The van der Waals surface area contributed by atoms with Crippen LogP contribution in [0, 0.1) is 13.8 Å². The zero-order valence-electron chi connectivity index (χ0n) is 19.0. The number of thiocarbonyl (C=S) groups is 1. The molecule has 2 heterocycles. The number of furan rings is 1. The van der Waals surface area contributed by atoms with Crippen LogP contribution in [-0.4, -0.2) is 21.1 Å². The molecule has 174 valence electrons. The number of carbonyl (C=O) groups excluding carboxylic acids is 1. The number of oxazole rings is 1. The van der Waals surface area contributed by atoms with Gasteiger partial charge in [-0.2, -0.15) is 0 Å². The van der Waals surface area contributed by atoms with Gasteiger partial charge in [0.05, 0.1) is 5.56 Å². The molecule has 0 radical (unpaired) electrons. The molecule has 0 aliphatic heterocycles. The van der Waals surface area contributed by atoms with Crippen LogP contribution in [0.4, 0.5) is 5.69 Å². The van der Waals surface area contributed by atoms with Crippen molar-refractivity contribution in [2.24, 2.45) is 0 Å². The van der Waals surface area contributed by atoms with Crippen molar-refractivity contribution in [3.63, 3.8) is 0 Å². The minimum Gasteiger partial charge on any atom is -0.507 e. The fourth-order valence-corrected chi connectivity index (χ4v) is 3.82. The number of hydrogen-bond acceptors (Lipinski definition) is 6. The topological polar surface area (TPSA) is 101 Å². The van der Waals surface area contributed by atoms with E-state index >= 15 is 0 Å². The number of aryl methyl sites for hydroxylation is 2. The lowest BCUT2D eigenvalue weighted by Gasteiger charge is -2.10. The molecule has 0 atom stereocenters. The first-order chi connectivity index (χ1) is 16.9. The van der Waals surface area contributed by atoms with E-state index in [1.54, 1.807) is 30.3 Å². The summed E-state index contributed by atoms with van der Waals surface area (Å²) >= 11 is 5.30. The summed E-state index contributed by atoms with van der Waals surface area (Å²) in [7, 11) is 0. The minimum absolute atomic E-state index is 0.00603. The quantitative estimate of drug-likeness (QED) is 0.207. The summed E-state index contributed by atoms with van der Waals surface area (Å²) < 4.78 is 11.5. The Labute approximate surface area is 206 Å².